The molecule has 0 saturated carbocycles. The molecule has 0 fully saturated rings. The van der Waals surface area contributed by atoms with Crippen LogP contribution in [0.3, 0.4) is 0 Å². The largest absolute Gasteiger partial charge is 0.327 e. The number of amides is 2. The number of hydrogen-bond donors (Lipinski definition) is 2. The highest BCUT2D eigenvalue weighted by Crippen LogP contribution is 2.40. The highest BCUT2D eigenvalue weighted by atomic mass is 32.2. The predicted octanol–water partition coefficient (Wildman–Crippen LogP) is 5.15. The predicted molar refractivity (Wildman–Crippen MR) is 158 cm³/mol. The number of nitrogens with zero attached hydrogens (tertiary/aromatic N) is 4. The van der Waals surface area contributed by atoms with Crippen molar-refractivity contribution in [2.45, 2.75) is 12.3 Å². The Balaban J connectivity index is 1.57. The highest BCUT2D eigenvalue weighted by Gasteiger charge is 2.37. The lowest BCUT2D eigenvalue weighted by Gasteiger charge is -2.40. The first kappa shape index (κ1) is 26.9. The average Bonchev–Trinajstić information content (AvgIpc) is 3.00. The maximum atomic E-state index is 12.9. The van der Waals surface area contributed by atoms with Gasteiger partial charge in [-0.3, -0.25) is 9.59 Å². The zero-order valence-corrected chi connectivity index (χ0v) is 23.3. The van der Waals surface area contributed by atoms with Crippen molar-refractivity contribution in [3.05, 3.63) is 117 Å². The third kappa shape index (κ3) is 4.79. The van der Waals surface area contributed by atoms with Crippen LogP contribution in [0.1, 0.15) is 23.5 Å². The van der Waals surface area contributed by atoms with Crippen molar-refractivity contribution in [3.8, 4) is 12.1 Å². The summed E-state index contributed by atoms with van der Waals surface area (Å²) in [6, 6.07) is 30.9. The second-order valence-electron chi connectivity index (χ2n) is 8.82. The molecule has 3 aromatic carbocycles. The van der Waals surface area contributed by atoms with E-state index in [1.807, 2.05) is 107 Å². The Morgan fingerprint density at radius 3 is 1.27 bits per heavy atom. The Morgan fingerprint density at radius 2 is 0.975 bits per heavy atom. The monoisotopic (exact) mass is 564 g/mol. The molecule has 0 saturated heterocycles. The van der Waals surface area contributed by atoms with Crippen LogP contribution in [-0.2, 0) is 9.59 Å². The van der Waals surface area contributed by atoms with Crippen LogP contribution >= 0.6 is 23.5 Å². The van der Waals surface area contributed by atoms with Gasteiger partial charge in [0.05, 0.1) is 0 Å². The Kier molecular flexibility index (Phi) is 7.83. The molecule has 2 heterocycles. The molecule has 0 aromatic heterocycles. The SMILES string of the molecule is CSC1=C(C#N)C(=O)NC(c2ccc(C3NC(=O)C(C#N)=C(SC)N3c3ccccc3)cc2)N1c1ccccc1. The van der Waals surface area contributed by atoms with Crippen LogP contribution in [0.5, 0.6) is 0 Å². The van der Waals surface area contributed by atoms with Crippen molar-refractivity contribution >= 4 is 46.7 Å². The van der Waals surface area contributed by atoms with Gasteiger partial charge in [-0.05, 0) is 47.9 Å². The lowest BCUT2D eigenvalue weighted by Crippen LogP contribution is -2.47. The average molecular weight is 565 g/mol. The van der Waals surface area contributed by atoms with Gasteiger partial charge < -0.3 is 20.4 Å². The van der Waals surface area contributed by atoms with Gasteiger partial charge in [-0.2, -0.15) is 10.5 Å². The van der Waals surface area contributed by atoms with Gasteiger partial charge in [-0.1, -0.05) is 60.7 Å². The maximum Gasteiger partial charge on any atom is 0.266 e. The number of anilines is 2. The van der Waals surface area contributed by atoms with E-state index in [4.69, 9.17) is 0 Å². The van der Waals surface area contributed by atoms with E-state index in [1.54, 1.807) is 0 Å². The molecule has 0 aliphatic carbocycles. The van der Waals surface area contributed by atoms with E-state index in [9.17, 15) is 20.1 Å². The van der Waals surface area contributed by atoms with Gasteiger partial charge in [0.2, 0.25) is 0 Å². The number of rotatable bonds is 6. The van der Waals surface area contributed by atoms with Gasteiger partial charge in [0.1, 0.15) is 45.7 Å². The Hall–Kier alpha value is -4.64. The van der Waals surface area contributed by atoms with Crippen molar-refractivity contribution in [2.24, 2.45) is 0 Å². The lowest BCUT2D eigenvalue weighted by molar-refractivity contribution is -0.119. The van der Waals surface area contributed by atoms with Crippen LogP contribution in [0.4, 0.5) is 11.4 Å². The van der Waals surface area contributed by atoms with Gasteiger partial charge >= 0.3 is 0 Å². The number of thioether (sulfide) groups is 2. The van der Waals surface area contributed by atoms with E-state index in [2.05, 4.69) is 22.8 Å². The van der Waals surface area contributed by atoms with Crippen LogP contribution in [-0.4, -0.2) is 24.3 Å². The van der Waals surface area contributed by atoms with Crippen LogP contribution in [0.2, 0.25) is 0 Å². The molecular formula is C30H24N6O2S2. The van der Waals surface area contributed by atoms with E-state index in [0.717, 1.165) is 22.5 Å². The molecule has 2 aliphatic rings. The second-order valence-corrected chi connectivity index (χ2v) is 10.4. The van der Waals surface area contributed by atoms with Crippen molar-refractivity contribution < 1.29 is 9.59 Å². The fraction of sp³-hybridized carbons (Fsp3) is 0.133. The molecule has 5 rings (SSSR count). The van der Waals surface area contributed by atoms with E-state index in [0.29, 0.717) is 10.1 Å². The fourth-order valence-electron chi connectivity index (χ4n) is 4.82. The molecule has 2 atom stereocenters. The summed E-state index contributed by atoms with van der Waals surface area (Å²) in [6.45, 7) is 0. The summed E-state index contributed by atoms with van der Waals surface area (Å²) in [5.41, 5.74) is 3.41. The van der Waals surface area contributed by atoms with Gasteiger partial charge in [-0.15, -0.1) is 23.5 Å². The summed E-state index contributed by atoms with van der Waals surface area (Å²) in [7, 11) is 0. The zero-order chi connectivity index (χ0) is 28.2. The standard InChI is InChI=1S/C30H24N6O2S2/c1-39-29-23(17-31)27(37)33-25(35(29)21-9-5-3-6-10-21)19-13-15-20(16-14-19)26-34-28(38)24(18-32)30(40-2)36(26)22-11-7-4-8-12-22/h3-16,25-26H,1-2H3,(H,33,37)(H,34,38). The van der Waals surface area contributed by atoms with E-state index >= 15 is 0 Å². The molecule has 0 radical (unpaired) electrons. The third-order valence-electron chi connectivity index (χ3n) is 6.62. The summed E-state index contributed by atoms with van der Waals surface area (Å²) >= 11 is 2.69. The number of hydrogen-bond acceptors (Lipinski definition) is 8. The molecule has 2 unspecified atom stereocenters. The van der Waals surface area contributed by atoms with Gasteiger partial charge in [0.15, 0.2) is 0 Å². The van der Waals surface area contributed by atoms with Crippen molar-refractivity contribution in [1.29, 1.82) is 10.5 Å². The molecule has 8 nitrogen and oxygen atoms in total. The molecule has 40 heavy (non-hydrogen) atoms. The minimum Gasteiger partial charge on any atom is -0.327 e. The lowest BCUT2D eigenvalue weighted by atomic mass is 10.0. The molecule has 3 aromatic rings. The molecule has 2 aliphatic heterocycles. The molecular weight excluding hydrogens is 541 g/mol. The summed E-state index contributed by atoms with van der Waals surface area (Å²) in [6.07, 6.45) is 2.58. The summed E-state index contributed by atoms with van der Waals surface area (Å²) in [4.78, 5) is 29.7. The second kappa shape index (κ2) is 11.6. The molecule has 0 spiro atoms. The Morgan fingerprint density at radius 1 is 0.625 bits per heavy atom. The van der Waals surface area contributed by atoms with Crippen molar-refractivity contribution in [1.82, 2.24) is 10.6 Å². The number of carbonyl (C=O) groups excluding carboxylic acids is 2. The highest BCUT2D eigenvalue weighted by molar-refractivity contribution is 8.02. The normalized spacial score (nSPS) is 19.1. The van der Waals surface area contributed by atoms with Crippen LogP contribution < -0.4 is 20.4 Å². The van der Waals surface area contributed by atoms with E-state index in [1.165, 1.54) is 23.5 Å². The fourth-order valence-corrected chi connectivity index (χ4v) is 6.32. The summed E-state index contributed by atoms with van der Waals surface area (Å²) in [5, 5.41) is 26.5. The maximum absolute atomic E-state index is 12.9. The molecule has 10 heteroatoms. The van der Waals surface area contributed by atoms with Gasteiger partial charge in [-0.25, -0.2) is 0 Å². The van der Waals surface area contributed by atoms with Gasteiger partial charge in [0, 0.05) is 11.4 Å². The van der Waals surface area contributed by atoms with Crippen molar-refractivity contribution in [3.63, 3.8) is 0 Å². The third-order valence-corrected chi connectivity index (χ3v) is 8.19. The van der Waals surface area contributed by atoms with Gasteiger partial charge in [0.25, 0.3) is 11.8 Å². The molecule has 0 bridgehead atoms. The minimum absolute atomic E-state index is 0.0670. The van der Waals surface area contributed by atoms with E-state index < -0.39 is 24.1 Å². The number of para-hydroxylation sites is 2. The number of carbonyl (C=O) groups is 2. The first-order valence-electron chi connectivity index (χ1n) is 12.3. The molecule has 198 valence electrons. The number of nitriles is 2. The Bertz CT molecular complexity index is 1470. The van der Waals surface area contributed by atoms with Crippen LogP contribution in [0.25, 0.3) is 0 Å². The zero-order valence-electron chi connectivity index (χ0n) is 21.7. The minimum atomic E-state index is -0.554. The number of benzene rings is 3. The van der Waals surface area contributed by atoms with Crippen molar-refractivity contribution in [2.75, 3.05) is 22.3 Å². The van der Waals surface area contributed by atoms with Crippen LogP contribution in [0, 0.1) is 22.7 Å². The first-order chi connectivity index (χ1) is 19.5. The molecule has 2 N–H and O–H groups in total. The summed E-state index contributed by atoms with van der Waals surface area (Å²) in [5.74, 6) is -0.858. The first-order valence-corrected chi connectivity index (χ1v) is 14.7. The Labute approximate surface area is 241 Å². The smallest absolute Gasteiger partial charge is 0.266 e. The quantitative estimate of drug-likeness (QED) is 0.423. The van der Waals surface area contributed by atoms with Crippen LogP contribution in [0.15, 0.2) is 106 Å². The summed E-state index contributed by atoms with van der Waals surface area (Å²) < 4.78 is 0. The molecule has 2 amide bonds. The van der Waals surface area contributed by atoms with E-state index in [-0.39, 0.29) is 11.1 Å². The topological polar surface area (TPSA) is 112 Å². The number of nitrogens with one attached hydrogen (secondary N) is 2.